The topological polar surface area (TPSA) is 94.1 Å². The van der Waals surface area contributed by atoms with Gasteiger partial charge in [-0.3, -0.25) is 9.59 Å². The van der Waals surface area contributed by atoms with Crippen LogP contribution in [-0.4, -0.2) is 83.2 Å². The zero-order valence-electron chi connectivity index (χ0n) is 28.1. The van der Waals surface area contributed by atoms with Crippen LogP contribution in [0.2, 0.25) is 0 Å². The molecule has 11 heteroatoms. The molecule has 3 N–H and O–H groups in total. The van der Waals surface area contributed by atoms with Gasteiger partial charge in [0.25, 0.3) is 5.91 Å². The SMILES string of the molecule is Cc1ccccc1CN(C(=O)C1=C(c2ccc(CCCOc3c(F)ccc(F)c3F)cc2)C[C@@H]2CN(C(=O)C3C[C@@H](O)CN3)C[C@H]1N2)C1CC1. The molecular formula is C39H43F3N4O4. The fourth-order valence-electron chi connectivity index (χ4n) is 7.52. The number of fused-ring (bicyclic) bond motifs is 2. The average Bonchev–Trinajstić information content (AvgIpc) is 3.87. The summed E-state index contributed by atoms with van der Waals surface area (Å²) in [5.74, 6) is -4.20. The second-order valence-corrected chi connectivity index (χ2v) is 14.0. The van der Waals surface area contributed by atoms with Crippen LogP contribution in [-0.2, 0) is 22.6 Å². The van der Waals surface area contributed by atoms with Crippen molar-refractivity contribution in [2.24, 2.45) is 0 Å². The van der Waals surface area contributed by atoms with Gasteiger partial charge < -0.3 is 30.3 Å². The van der Waals surface area contributed by atoms with Crippen molar-refractivity contribution >= 4 is 17.4 Å². The van der Waals surface area contributed by atoms with E-state index in [9.17, 15) is 27.9 Å². The Labute approximate surface area is 290 Å². The second kappa shape index (κ2) is 14.6. The van der Waals surface area contributed by atoms with Crippen LogP contribution in [0.4, 0.5) is 13.2 Å². The van der Waals surface area contributed by atoms with Gasteiger partial charge in [-0.15, -0.1) is 0 Å². The van der Waals surface area contributed by atoms with E-state index in [0.717, 1.165) is 52.8 Å². The number of ether oxygens (including phenoxy) is 1. The Kier molecular flexibility index (Phi) is 9.99. The van der Waals surface area contributed by atoms with Gasteiger partial charge in [0.1, 0.15) is 0 Å². The highest BCUT2D eigenvalue weighted by atomic mass is 19.2. The van der Waals surface area contributed by atoms with Crippen molar-refractivity contribution in [3.8, 4) is 5.75 Å². The van der Waals surface area contributed by atoms with Crippen molar-refractivity contribution in [2.75, 3.05) is 26.2 Å². The first-order chi connectivity index (χ1) is 24.2. The average molecular weight is 689 g/mol. The number of halogens is 3. The van der Waals surface area contributed by atoms with Gasteiger partial charge in [0.15, 0.2) is 17.4 Å². The number of aliphatic hydroxyl groups is 1. The highest BCUT2D eigenvalue weighted by Crippen LogP contribution is 2.38. The van der Waals surface area contributed by atoms with Crippen molar-refractivity contribution in [1.29, 1.82) is 0 Å². The molecule has 1 aliphatic carbocycles. The fourth-order valence-corrected chi connectivity index (χ4v) is 7.52. The number of rotatable bonds is 11. The standard InChI is InChI=1S/C39H43F3N4O4/c1-23-5-2-3-7-26(23)20-46(28-12-13-28)39(49)35-30(17-27-21-45(22-34(35)44-27)38(48)33-18-29(47)19-43-33)25-10-8-24(9-11-25)6-4-16-50-37-32(41)15-14-31(40)36(37)42/h2-3,5,7-11,14-15,27-29,33-34,43-44,47H,4,6,12-13,16-22H2,1H3/t27-,29-,33?,34-/m1/s1. The lowest BCUT2D eigenvalue weighted by Gasteiger charge is -2.45. The monoisotopic (exact) mass is 688 g/mol. The van der Waals surface area contributed by atoms with Gasteiger partial charge in [-0.25, -0.2) is 8.78 Å². The van der Waals surface area contributed by atoms with Crippen LogP contribution in [0.1, 0.15) is 54.4 Å². The molecule has 7 rings (SSSR count). The lowest BCUT2D eigenvalue weighted by atomic mass is 9.82. The van der Waals surface area contributed by atoms with E-state index in [1.54, 1.807) is 0 Å². The molecule has 2 bridgehead atoms. The molecule has 0 aromatic heterocycles. The van der Waals surface area contributed by atoms with E-state index in [-0.39, 0.29) is 36.5 Å². The smallest absolute Gasteiger partial charge is 0.252 e. The molecule has 50 heavy (non-hydrogen) atoms. The summed E-state index contributed by atoms with van der Waals surface area (Å²) in [6.45, 7) is 3.86. The van der Waals surface area contributed by atoms with E-state index in [1.807, 2.05) is 46.2 Å². The summed E-state index contributed by atoms with van der Waals surface area (Å²) in [4.78, 5) is 32.2. The highest BCUT2D eigenvalue weighted by Gasteiger charge is 2.44. The summed E-state index contributed by atoms with van der Waals surface area (Å²) in [5.41, 5.74) is 5.85. The summed E-state index contributed by atoms with van der Waals surface area (Å²) in [5, 5.41) is 16.9. The molecule has 4 aliphatic rings. The van der Waals surface area contributed by atoms with Gasteiger partial charge >= 0.3 is 0 Å². The summed E-state index contributed by atoms with van der Waals surface area (Å²) in [6, 6.07) is 17.1. The van der Waals surface area contributed by atoms with Crippen LogP contribution in [0.5, 0.6) is 5.75 Å². The lowest BCUT2D eigenvalue weighted by Crippen LogP contribution is -2.63. The molecule has 3 aromatic rings. The number of aryl methyl sites for hydroxylation is 2. The van der Waals surface area contributed by atoms with Gasteiger partial charge in [0.2, 0.25) is 11.7 Å². The second-order valence-electron chi connectivity index (χ2n) is 14.0. The number of hydrogen-bond acceptors (Lipinski definition) is 6. The van der Waals surface area contributed by atoms with Crippen molar-refractivity contribution in [1.82, 2.24) is 20.4 Å². The Balaban J connectivity index is 1.13. The molecule has 3 fully saturated rings. The molecule has 3 aromatic carbocycles. The van der Waals surface area contributed by atoms with Crippen molar-refractivity contribution in [3.63, 3.8) is 0 Å². The molecule has 264 valence electrons. The first-order valence-corrected chi connectivity index (χ1v) is 17.6. The number of benzene rings is 3. The molecule has 0 spiro atoms. The molecule has 0 radical (unpaired) electrons. The number of amides is 2. The molecule has 3 aliphatic heterocycles. The third-order valence-corrected chi connectivity index (χ3v) is 10.4. The van der Waals surface area contributed by atoms with Crippen LogP contribution in [0.25, 0.3) is 5.57 Å². The Bertz CT molecular complexity index is 1780. The summed E-state index contributed by atoms with van der Waals surface area (Å²) in [6.07, 6.45) is 3.36. The van der Waals surface area contributed by atoms with Crippen molar-refractivity contribution < 1.29 is 32.6 Å². The number of hydrogen-bond donors (Lipinski definition) is 3. The number of aliphatic hydroxyl groups excluding tert-OH is 1. The molecule has 4 atom stereocenters. The van der Waals surface area contributed by atoms with Gasteiger partial charge in [0.05, 0.1) is 24.8 Å². The van der Waals surface area contributed by atoms with E-state index in [1.165, 1.54) is 0 Å². The largest absolute Gasteiger partial charge is 0.488 e. The quantitative estimate of drug-likeness (QED) is 0.201. The number of carbonyl (C=O) groups is 2. The molecule has 1 unspecified atom stereocenters. The Morgan fingerprint density at radius 2 is 1.76 bits per heavy atom. The normalized spacial score (nSPS) is 23.3. The van der Waals surface area contributed by atoms with Gasteiger partial charge in [0, 0.05) is 43.8 Å². The van der Waals surface area contributed by atoms with E-state index >= 15 is 0 Å². The van der Waals surface area contributed by atoms with Crippen LogP contribution in [0, 0.1) is 24.4 Å². The van der Waals surface area contributed by atoms with Crippen LogP contribution in [0.15, 0.2) is 66.2 Å². The molecule has 1 saturated carbocycles. The van der Waals surface area contributed by atoms with Crippen LogP contribution < -0.4 is 15.4 Å². The summed E-state index contributed by atoms with van der Waals surface area (Å²) in [7, 11) is 0. The minimum Gasteiger partial charge on any atom is -0.488 e. The Morgan fingerprint density at radius 1 is 1.00 bits per heavy atom. The fraction of sp³-hybridized carbons (Fsp3) is 0.436. The molecule has 8 nitrogen and oxygen atoms in total. The summed E-state index contributed by atoms with van der Waals surface area (Å²) < 4.78 is 46.7. The van der Waals surface area contributed by atoms with Crippen LogP contribution in [0.3, 0.4) is 0 Å². The first kappa shape index (κ1) is 34.3. The minimum absolute atomic E-state index is 0.0107. The maximum atomic E-state index is 14.8. The number of nitrogens with zero attached hydrogens (tertiary/aromatic N) is 2. The van der Waals surface area contributed by atoms with E-state index in [0.29, 0.717) is 57.4 Å². The first-order valence-electron chi connectivity index (χ1n) is 17.6. The van der Waals surface area contributed by atoms with Crippen molar-refractivity contribution in [3.05, 3.63) is 106 Å². The van der Waals surface area contributed by atoms with E-state index < -0.39 is 35.3 Å². The molecule has 2 saturated heterocycles. The highest BCUT2D eigenvalue weighted by molar-refractivity contribution is 6.03. The molecule has 3 heterocycles. The zero-order chi connectivity index (χ0) is 34.9. The number of carbonyl (C=O) groups excluding carboxylic acids is 2. The third kappa shape index (κ3) is 7.31. The Morgan fingerprint density at radius 3 is 2.48 bits per heavy atom. The molecule has 2 amide bonds. The van der Waals surface area contributed by atoms with Crippen molar-refractivity contribution in [2.45, 2.75) is 82.3 Å². The summed E-state index contributed by atoms with van der Waals surface area (Å²) >= 11 is 0. The van der Waals surface area contributed by atoms with Crippen LogP contribution >= 0.6 is 0 Å². The zero-order valence-corrected chi connectivity index (χ0v) is 28.1. The van der Waals surface area contributed by atoms with Gasteiger partial charge in [-0.1, -0.05) is 48.5 Å². The number of β-amino-alcohol motifs (C(OH)–C–C–N with tert-alkyl or cyclic N) is 1. The van der Waals surface area contributed by atoms with Gasteiger partial charge in [-0.05, 0) is 85.4 Å². The minimum atomic E-state index is -1.33. The number of piperazine rings is 1. The molecular weight excluding hydrogens is 645 g/mol. The predicted octanol–water partition coefficient (Wildman–Crippen LogP) is 4.66. The van der Waals surface area contributed by atoms with E-state index in [2.05, 4.69) is 29.7 Å². The lowest BCUT2D eigenvalue weighted by molar-refractivity contribution is -0.136. The van der Waals surface area contributed by atoms with E-state index in [4.69, 9.17) is 4.74 Å². The maximum absolute atomic E-state index is 14.8. The number of nitrogens with one attached hydrogen (secondary N) is 2. The Hall–Kier alpha value is -4.19. The third-order valence-electron chi connectivity index (χ3n) is 10.4. The maximum Gasteiger partial charge on any atom is 0.252 e. The predicted molar refractivity (Wildman–Crippen MR) is 183 cm³/mol. The van der Waals surface area contributed by atoms with Gasteiger partial charge in [-0.2, -0.15) is 4.39 Å².